The van der Waals surface area contributed by atoms with E-state index in [1.807, 2.05) is 6.92 Å². The SMILES string of the molecule is CCCC(=O)OC(=O)c1cccs1. The molecule has 0 aliphatic rings. The van der Waals surface area contributed by atoms with Crippen molar-refractivity contribution in [1.29, 1.82) is 0 Å². The summed E-state index contributed by atoms with van der Waals surface area (Å²) >= 11 is 1.26. The fraction of sp³-hybridized carbons (Fsp3) is 0.333. The van der Waals surface area contributed by atoms with Gasteiger partial charge in [0, 0.05) is 6.42 Å². The van der Waals surface area contributed by atoms with Gasteiger partial charge in [-0.2, -0.15) is 0 Å². The normalized spacial score (nSPS) is 9.62. The van der Waals surface area contributed by atoms with Crippen LogP contribution in [0.2, 0.25) is 0 Å². The summed E-state index contributed by atoms with van der Waals surface area (Å²) in [5, 5.41) is 1.76. The predicted molar refractivity (Wildman–Crippen MR) is 49.6 cm³/mol. The van der Waals surface area contributed by atoms with Crippen molar-refractivity contribution in [2.45, 2.75) is 19.8 Å². The number of hydrogen-bond acceptors (Lipinski definition) is 4. The lowest BCUT2D eigenvalue weighted by molar-refractivity contribution is -0.137. The molecule has 70 valence electrons. The van der Waals surface area contributed by atoms with Crippen LogP contribution < -0.4 is 0 Å². The molecule has 0 unspecified atom stereocenters. The van der Waals surface area contributed by atoms with Gasteiger partial charge >= 0.3 is 11.9 Å². The number of rotatable bonds is 3. The molecule has 0 amide bonds. The second-order valence-electron chi connectivity index (χ2n) is 2.49. The first-order valence-corrected chi connectivity index (χ1v) is 4.90. The number of carbonyl (C=O) groups excluding carboxylic acids is 2. The van der Waals surface area contributed by atoms with Crippen LogP contribution in [0.3, 0.4) is 0 Å². The van der Waals surface area contributed by atoms with Gasteiger partial charge in [0.05, 0.1) is 0 Å². The molecule has 0 atom stereocenters. The second-order valence-corrected chi connectivity index (χ2v) is 3.44. The Morgan fingerprint density at radius 1 is 1.54 bits per heavy atom. The summed E-state index contributed by atoms with van der Waals surface area (Å²) < 4.78 is 4.57. The van der Waals surface area contributed by atoms with E-state index in [2.05, 4.69) is 4.74 Å². The number of hydrogen-bond donors (Lipinski definition) is 0. The first kappa shape index (κ1) is 9.92. The van der Waals surface area contributed by atoms with E-state index in [-0.39, 0.29) is 6.42 Å². The van der Waals surface area contributed by atoms with E-state index >= 15 is 0 Å². The lowest BCUT2D eigenvalue weighted by Gasteiger charge is -1.98. The summed E-state index contributed by atoms with van der Waals surface area (Å²) in [6, 6.07) is 3.37. The summed E-state index contributed by atoms with van der Waals surface area (Å²) in [5.41, 5.74) is 0. The topological polar surface area (TPSA) is 43.4 Å². The number of esters is 2. The van der Waals surface area contributed by atoms with Gasteiger partial charge in [-0.3, -0.25) is 4.79 Å². The van der Waals surface area contributed by atoms with Crippen LogP contribution in [0.25, 0.3) is 0 Å². The van der Waals surface area contributed by atoms with Crippen LogP contribution in [0.15, 0.2) is 17.5 Å². The van der Waals surface area contributed by atoms with Gasteiger partial charge in [-0.15, -0.1) is 11.3 Å². The Labute approximate surface area is 80.3 Å². The molecule has 0 bridgehead atoms. The minimum absolute atomic E-state index is 0.289. The molecule has 1 aromatic heterocycles. The molecule has 0 radical (unpaired) electrons. The summed E-state index contributed by atoms with van der Waals surface area (Å²) in [7, 11) is 0. The molecular weight excluding hydrogens is 188 g/mol. The molecule has 0 spiro atoms. The summed E-state index contributed by atoms with van der Waals surface area (Å²) in [6.07, 6.45) is 0.980. The quantitative estimate of drug-likeness (QED) is 0.552. The Kier molecular flexibility index (Phi) is 3.64. The molecule has 0 saturated heterocycles. The van der Waals surface area contributed by atoms with Gasteiger partial charge in [0.2, 0.25) is 0 Å². The highest BCUT2D eigenvalue weighted by Crippen LogP contribution is 2.10. The van der Waals surface area contributed by atoms with Gasteiger partial charge in [-0.05, 0) is 17.9 Å². The van der Waals surface area contributed by atoms with Crippen molar-refractivity contribution < 1.29 is 14.3 Å². The third-order valence-electron chi connectivity index (χ3n) is 1.38. The molecule has 0 saturated carbocycles. The molecule has 0 aliphatic carbocycles. The van der Waals surface area contributed by atoms with Gasteiger partial charge in [-0.1, -0.05) is 13.0 Å². The van der Waals surface area contributed by atoms with Crippen molar-refractivity contribution >= 4 is 23.3 Å². The van der Waals surface area contributed by atoms with E-state index in [0.29, 0.717) is 11.3 Å². The molecule has 0 N–H and O–H groups in total. The molecule has 0 aromatic carbocycles. The van der Waals surface area contributed by atoms with Crippen molar-refractivity contribution in [2.75, 3.05) is 0 Å². The van der Waals surface area contributed by atoms with Gasteiger partial charge in [0.1, 0.15) is 4.88 Å². The molecule has 13 heavy (non-hydrogen) atoms. The standard InChI is InChI=1S/C9H10O3S/c1-2-4-8(10)12-9(11)7-5-3-6-13-7/h3,5-6H,2,4H2,1H3. The molecule has 3 nitrogen and oxygen atoms in total. The molecule has 4 heteroatoms. The zero-order chi connectivity index (χ0) is 9.68. The molecule has 1 rings (SSSR count). The van der Waals surface area contributed by atoms with Crippen molar-refractivity contribution in [3.63, 3.8) is 0 Å². The van der Waals surface area contributed by atoms with Crippen LogP contribution in [0, 0.1) is 0 Å². The highest BCUT2D eigenvalue weighted by molar-refractivity contribution is 7.12. The van der Waals surface area contributed by atoms with E-state index < -0.39 is 11.9 Å². The highest BCUT2D eigenvalue weighted by atomic mass is 32.1. The summed E-state index contributed by atoms with van der Waals surface area (Å²) in [5.74, 6) is -1.01. The second kappa shape index (κ2) is 4.77. The third-order valence-corrected chi connectivity index (χ3v) is 2.23. The van der Waals surface area contributed by atoms with Gasteiger partial charge < -0.3 is 4.74 Å². The smallest absolute Gasteiger partial charge is 0.355 e. The van der Waals surface area contributed by atoms with E-state index in [9.17, 15) is 9.59 Å². The fourth-order valence-corrected chi connectivity index (χ4v) is 1.40. The Balaban J connectivity index is 2.47. The van der Waals surface area contributed by atoms with Crippen molar-refractivity contribution in [1.82, 2.24) is 0 Å². The molecule has 1 heterocycles. The maximum atomic E-state index is 11.2. The fourth-order valence-electron chi connectivity index (χ4n) is 0.804. The van der Waals surface area contributed by atoms with Crippen LogP contribution in [0.1, 0.15) is 29.4 Å². The Morgan fingerprint density at radius 3 is 2.85 bits per heavy atom. The van der Waals surface area contributed by atoms with Crippen molar-refractivity contribution in [3.8, 4) is 0 Å². The largest absolute Gasteiger partial charge is 0.389 e. The maximum absolute atomic E-state index is 11.2. The summed E-state index contributed by atoms with van der Waals surface area (Å²) in [6.45, 7) is 1.86. The minimum Gasteiger partial charge on any atom is -0.389 e. The molecular formula is C9H10O3S. The molecule has 0 aliphatic heterocycles. The average molecular weight is 198 g/mol. The maximum Gasteiger partial charge on any atom is 0.355 e. The van der Waals surface area contributed by atoms with Crippen LogP contribution in [-0.4, -0.2) is 11.9 Å². The van der Waals surface area contributed by atoms with Crippen LogP contribution in [-0.2, 0) is 9.53 Å². The third kappa shape index (κ3) is 2.99. The average Bonchev–Trinajstić information content (AvgIpc) is 2.55. The highest BCUT2D eigenvalue weighted by Gasteiger charge is 2.12. The lowest BCUT2D eigenvalue weighted by Crippen LogP contribution is -2.10. The molecule has 1 aromatic rings. The first-order valence-electron chi connectivity index (χ1n) is 4.02. The minimum atomic E-state index is -0.548. The number of thiophene rings is 1. The van der Waals surface area contributed by atoms with E-state index in [1.165, 1.54) is 11.3 Å². The van der Waals surface area contributed by atoms with Crippen LogP contribution in [0.4, 0.5) is 0 Å². The van der Waals surface area contributed by atoms with Crippen molar-refractivity contribution in [2.24, 2.45) is 0 Å². The first-order chi connectivity index (χ1) is 6.24. The zero-order valence-electron chi connectivity index (χ0n) is 7.28. The summed E-state index contributed by atoms with van der Waals surface area (Å²) in [4.78, 5) is 22.5. The number of carbonyl (C=O) groups is 2. The lowest BCUT2D eigenvalue weighted by atomic mass is 10.3. The Morgan fingerprint density at radius 2 is 2.31 bits per heavy atom. The van der Waals surface area contributed by atoms with Crippen molar-refractivity contribution in [3.05, 3.63) is 22.4 Å². The van der Waals surface area contributed by atoms with Gasteiger partial charge in [0.25, 0.3) is 0 Å². The Hall–Kier alpha value is -1.16. The number of ether oxygens (including phenoxy) is 1. The predicted octanol–water partition coefficient (Wildman–Crippen LogP) is 2.23. The van der Waals surface area contributed by atoms with Gasteiger partial charge in [-0.25, -0.2) is 4.79 Å². The monoisotopic (exact) mass is 198 g/mol. The zero-order valence-corrected chi connectivity index (χ0v) is 8.10. The Bertz CT molecular complexity index is 290. The van der Waals surface area contributed by atoms with Gasteiger partial charge in [0.15, 0.2) is 0 Å². The van der Waals surface area contributed by atoms with E-state index in [4.69, 9.17) is 0 Å². The molecule has 0 fully saturated rings. The van der Waals surface area contributed by atoms with E-state index in [0.717, 1.165) is 0 Å². The van der Waals surface area contributed by atoms with Crippen LogP contribution in [0.5, 0.6) is 0 Å². The van der Waals surface area contributed by atoms with E-state index in [1.54, 1.807) is 17.5 Å². The van der Waals surface area contributed by atoms with Crippen LogP contribution >= 0.6 is 11.3 Å².